The molecule has 2 unspecified atom stereocenters. The van der Waals surface area contributed by atoms with E-state index in [1.807, 2.05) is 13.8 Å². The van der Waals surface area contributed by atoms with Crippen molar-refractivity contribution in [2.24, 2.45) is 0 Å². The lowest BCUT2D eigenvalue weighted by atomic mass is 9.93. The van der Waals surface area contributed by atoms with Crippen LogP contribution in [0.1, 0.15) is 39.5 Å². The third-order valence-electron chi connectivity index (χ3n) is 3.03. The molecular weight excluding hydrogens is 230 g/mol. The zero-order valence-corrected chi connectivity index (χ0v) is 11.0. The van der Waals surface area contributed by atoms with Gasteiger partial charge in [0.2, 0.25) is 11.8 Å². The predicted octanol–water partition coefficient (Wildman–Crippen LogP) is 1.98. The Bertz CT molecular complexity index is 384. The van der Waals surface area contributed by atoms with Crippen LogP contribution in [0.15, 0.2) is 12.3 Å². The number of anilines is 1. The van der Waals surface area contributed by atoms with Crippen molar-refractivity contribution in [1.29, 1.82) is 0 Å². The van der Waals surface area contributed by atoms with Crippen molar-refractivity contribution in [1.82, 2.24) is 9.97 Å². The quantitative estimate of drug-likeness (QED) is 0.856. The molecule has 5 nitrogen and oxygen atoms in total. The van der Waals surface area contributed by atoms with E-state index < -0.39 is 0 Å². The number of ether oxygens (including phenoxy) is 1. The van der Waals surface area contributed by atoms with Crippen molar-refractivity contribution in [2.45, 2.75) is 57.8 Å². The van der Waals surface area contributed by atoms with Crippen LogP contribution in [0, 0.1) is 0 Å². The molecule has 2 rings (SSSR count). The molecule has 0 bridgehead atoms. The Morgan fingerprint density at radius 3 is 2.89 bits per heavy atom. The van der Waals surface area contributed by atoms with Crippen molar-refractivity contribution in [3.63, 3.8) is 0 Å². The molecule has 1 aromatic rings. The summed E-state index contributed by atoms with van der Waals surface area (Å²) < 4.78 is 5.52. The molecule has 0 amide bonds. The van der Waals surface area contributed by atoms with Gasteiger partial charge in [-0.15, -0.1) is 0 Å². The lowest BCUT2D eigenvalue weighted by Gasteiger charge is -2.28. The summed E-state index contributed by atoms with van der Waals surface area (Å²) in [5, 5.41) is 13.1. The van der Waals surface area contributed by atoms with Crippen molar-refractivity contribution < 1.29 is 9.84 Å². The van der Waals surface area contributed by atoms with E-state index in [1.54, 1.807) is 12.3 Å². The molecule has 100 valence electrons. The molecule has 18 heavy (non-hydrogen) atoms. The molecule has 1 fully saturated rings. The number of rotatable bonds is 4. The van der Waals surface area contributed by atoms with Crippen molar-refractivity contribution in [3.8, 4) is 5.88 Å². The van der Waals surface area contributed by atoms with Crippen LogP contribution in [0.25, 0.3) is 0 Å². The van der Waals surface area contributed by atoms with Crippen molar-refractivity contribution in [3.05, 3.63) is 12.3 Å². The van der Waals surface area contributed by atoms with E-state index in [0.717, 1.165) is 25.7 Å². The second-order valence-corrected chi connectivity index (χ2v) is 4.99. The van der Waals surface area contributed by atoms with Gasteiger partial charge in [-0.1, -0.05) is 12.8 Å². The van der Waals surface area contributed by atoms with E-state index >= 15 is 0 Å². The van der Waals surface area contributed by atoms with Gasteiger partial charge in [-0.2, -0.15) is 4.98 Å². The average molecular weight is 251 g/mol. The number of hydrogen-bond acceptors (Lipinski definition) is 5. The minimum absolute atomic E-state index is 0.0491. The normalized spacial score (nSPS) is 24.0. The van der Waals surface area contributed by atoms with Gasteiger partial charge in [-0.05, 0) is 26.7 Å². The average Bonchev–Trinajstić information content (AvgIpc) is 2.32. The number of nitrogens with one attached hydrogen (secondary N) is 1. The first-order valence-corrected chi connectivity index (χ1v) is 6.59. The van der Waals surface area contributed by atoms with E-state index in [0.29, 0.717) is 11.8 Å². The Hall–Kier alpha value is -1.36. The molecule has 2 atom stereocenters. The van der Waals surface area contributed by atoms with Gasteiger partial charge in [-0.3, -0.25) is 0 Å². The van der Waals surface area contributed by atoms with E-state index in [2.05, 4.69) is 15.3 Å². The standard InChI is InChI=1S/C13H21N3O2/c1-9(2)18-12-7-8-14-13(16-12)15-10-5-3-4-6-11(10)17/h7-11,17H,3-6H2,1-2H3,(H,14,15,16). The fourth-order valence-electron chi connectivity index (χ4n) is 2.16. The highest BCUT2D eigenvalue weighted by atomic mass is 16.5. The fraction of sp³-hybridized carbons (Fsp3) is 0.692. The van der Waals surface area contributed by atoms with Gasteiger partial charge in [0.1, 0.15) is 0 Å². The third-order valence-corrected chi connectivity index (χ3v) is 3.03. The highest BCUT2D eigenvalue weighted by Crippen LogP contribution is 2.21. The zero-order chi connectivity index (χ0) is 13.0. The summed E-state index contributed by atoms with van der Waals surface area (Å²) in [4.78, 5) is 8.45. The summed E-state index contributed by atoms with van der Waals surface area (Å²) >= 11 is 0. The summed E-state index contributed by atoms with van der Waals surface area (Å²) in [6, 6.07) is 1.79. The minimum Gasteiger partial charge on any atom is -0.475 e. The first-order chi connectivity index (χ1) is 8.65. The number of aliphatic hydroxyl groups is 1. The van der Waals surface area contributed by atoms with Crippen LogP contribution in [0.2, 0.25) is 0 Å². The molecule has 5 heteroatoms. The van der Waals surface area contributed by atoms with Crippen molar-refractivity contribution >= 4 is 5.95 Å². The van der Waals surface area contributed by atoms with E-state index in [1.165, 1.54) is 0 Å². The van der Waals surface area contributed by atoms with E-state index in [-0.39, 0.29) is 18.2 Å². The van der Waals surface area contributed by atoms with E-state index in [9.17, 15) is 5.11 Å². The summed E-state index contributed by atoms with van der Waals surface area (Å²) in [5.74, 6) is 1.09. The highest BCUT2D eigenvalue weighted by molar-refractivity contribution is 5.29. The topological polar surface area (TPSA) is 67.3 Å². The molecule has 0 aliphatic heterocycles. The molecule has 0 spiro atoms. The highest BCUT2D eigenvalue weighted by Gasteiger charge is 2.23. The molecular formula is C13H21N3O2. The number of nitrogens with zero attached hydrogens (tertiary/aromatic N) is 2. The second-order valence-electron chi connectivity index (χ2n) is 4.99. The van der Waals surface area contributed by atoms with Crippen LogP contribution in [-0.2, 0) is 0 Å². The maximum Gasteiger partial charge on any atom is 0.226 e. The van der Waals surface area contributed by atoms with Gasteiger partial charge in [0.05, 0.1) is 18.2 Å². The number of hydrogen-bond donors (Lipinski definition) is 2. The van der Waals surface area contributed by atoms with Crippen LogP contribution < -0.4 is 10.1 Å². The lowest BCUT2D eigenvalue weighted by molar-refractivity contribution is 0.116. The Morgan fingerprint density at radius 2 is 2.17 bits per heavy atom. The Morgan fingerprint density at radius 1 is 1.39 bits per heavy atom. The van der Waals surface area contributed by atoms with Crippen LogP contribution in [0.3, 0.4) is 0 Å². The van der Waals surface area contributed by atoms with Gasteiger partial charge in [0.15, 0.2) is 0 Å². The maximum atomic E-state index is 9.90. The van der Waals surface area contributed by atoms with Crippen LogP contribution in [-0.4, -0.2) is 33.3 Å². The minimum atomic E-state index is -0.308. The molecule has 1 aliphatic carbocycles. The second kappa shape index (κ2) is 6.00. The fourth-order valence-corrected chi connectivity index (χ4v) is 2.16. The number of aliphatic hydroxyl groups excluding tert-OH is 1. The predicted molar refractivity (Wildman–Crippen MR) is 69.7 cm³/mol. The van der Waals surface area contributed by atoms with Crippen LogP contribution in [0.4, 0.5) is 5.95 Å². The number of aromatic nitrogens is 2. The first-order valence-electron chi connectivity index (χ1n) is 6.59. The Kier molecular flexibility index (Phi) is 4.36. The van der Waals surface area contributed by atoms with Crippen LogP contribution in [0.5, 0.6) is 5.88 Å². The molecule has 0 aromatic carbocycles. The summed E-state index contributed by atoms with van der Waals surface area (Å²) in [7, 11) is 0. The Balaban J connectivity index is 1.99. The van der Waals surface area contributed by atoms with Crippen molar-refractivity contribution in [2.75, 3.05) is 5.32 Å². The zero-order valence-electron chi connectivity index (χ0n) is 11.0. The van der Waals surface area contributed by atoms with Gasteiger partial charge < -0.3 is 15.2 Å². The van der Waals surface area contributed by atoms with Crippen LogP contribution >= 0.6 is 0 Å². The lowest BCUT2D eigenvalue weighted by Crippen LogP contribution is -2.36. The first kappa shape index (κ1) is 13.1. The summed E-state index contributed by atoms with van der Waals surface area (Å²) in [5.41, 5.74) is 0. The molecule has 1 heterocycles. The van der Waals surface area contributed by atoms with Gasteiger partial charge >= 0.3 is 0 Å². The van der Waals surface area contributed by atoms with Gasteiger partial charge in [0.25, 0.3) is 0 Å². The SMILES string of the molecule is CC(C)Oc1ccnc(NC2CCCCC2O)n1. The molecule has 0 radical (unpaired) electrons. The molecule has 1 aromatic heterocycles. The van der Waals surface area contributed by atoms with E-state index in [4.69, 9.17) is 4.74 Å². The Labute approximate surface area is 108 Å². The molecule has 0 saturated heterocycles. The monoisotopic (exact) mass is 251 g/mol. The summed E-state index contributed by atoms with van der Waals surface area (Å²) in [6.07, 6.45) is 5.49. The molecule has 1 aliphatic rings. The summed E-state index contributed by atoms with van der Waals surface area (Å²) in [6.45, 7) is 3.92. The molecule has 2 N–H and O–H groups in total. The van der Waals surface area contributed by atoms with Gasteiger partial charge in [0, 0.05) is 12.3 Å². The third kappa shape index (κ3) is 3.57. The smallest absolute Gasteiger partial charge is 0.226 e. The largest absolute Gasteiger partial charge is 0.475 e. The van der Waals surface area contributed by atoms with Gasteiger partial charge in [-0.25, -0.2) is 4.98 Å². The maximum absolute atomic E-state index is 9.90. The molecule has 1 saturated carbocycles.